The van der Waals surface area contributed by atoms with E-state index in [4.69, 9.17) is 4.74 Å². The number of carbonyl (C=O) groups is 2. The van der Waals surface area contributed by atoms with Crippen LogP contribution in [0.3, 0.4) is 0 Å². The Morgan fingerprint density at radius 2 is 1.61 bits per heavy atom. The number of ether oxygens (including phenoxy) is 1. The van der Waals surface area contributed by atoms with Gasteiger partial charge in [0, 0.05) is 24.9 Å². The number of fused-ring (bicyclic) bond motifs is 2. The number of amides is 1. The molecule has 1 amide bonds. The van der Waals surface area contributed by atoms with Crippen LogP contribution in [0.5, 0.6) is 0 Å². The molecule has 0 radical (unpaired) electrons. The molecule has 4 nitrogen and oxygen atoms in total. The zero-order chi connectivity index (χ0) is 13.9. The zero-order valence-electron chi connectivity index (χ0n) is 12.2. The third-order valence-electron chi connectivity index (χ3n) is 3.15. The van der Waals surface area contributed by atoms with Crippen LogP contribution in [0.15, 0.2) is 0 Å². The van der Waals surface area contributed by atoms with Gasteiger partial charge in [0.25, 0.3) is 0 Å². The van der Waals surface area contributed by atoms with Gasteiger partial charge in [-0.2, -0.15) is 0 Å². The molecule has 104 valence electrons. The monoisotopic (exact) mass is 255 g/mol. The molecule has 0 saturated carbocycles. The Balaban J connectivity index is 0.000000771. The summed E-state index contributed by atoms with van der Waals surface area (Å²) in [6.45, 7) is 9.59. The van der Waals surface area contributed by atoms with Crippen molar-refractivity contribution in [1.29, 1.82) is 0 Å². The zero-order valence-corrected chi connectivity index (χ0v) is 12.2. The van der Waals surface area contributed by atoms with Gasteiger partial charge in [-0.15, -0.1) is 0 Å². The summed E-state index contributed by atoms with van der Waals surface area (Å²) in [5.41, 5.74) is -0.460. The second kappa shape index (κ2) is 5.72. The summed E-state index contributed by atoms with van der Waals surface area (Å²) >= 11 is 0. The maximum absolute atomic E-state index is 12.0. The SMILES string of the molecule is CC.CC(C)(C)OC(=O)N1C2CCC1CC(=O)C2. The van der Waals surface area contributed by atoms with Crippen LogP contribution in [0, 0.1) is 0 Å². The molecule has 0 N–H and O–H groups in total. The molecule has 0 aromatic rings. The minimum atomic E-state index is -0.460. The van der Waals surface area contributed by atoms with Gasteiger partial charge in [-0.1, -0.05) is 13.8 Å². The molecule has 2 aliphatic heterocycles. The van der Waals surface area contributed by atoms with Gasteiger partial charge in [-0.3, -0.25) is 4.79 Å². The van der Waals surface area contributed by atoms with Crippen LogP contribution in [-0.2, 0) is 9.53 Å². The van der Waals surface area contributed by atoms with E-state index in [1.54, 1.807) is 4.90 Å². The van der Waals surface area contributed by atoms with Gasteiger partial charge >= 0.3 is 6.09 Å². The van der Waals surface area contributed by atoms with Crippen LogP contribution in [0.1, 0.15) is 60.3 Å². The molecule has 2 unspecified atom stereocenters. The predicted octanol–water partition coefficient (Wildman–Crippen LogP) is 3.14. The maximum Gasteiger partial charge on any atom is 0.410 e. The van der Waals surface area contributed by atoms with Crippen molar-refractivity contribution in [2.75, 3.05) is 0 Å². The van der Waals surface area contributed by atoms with E-state index in [1.807, 2.05) is 34.6 Å². The Labute approximate surface area is 110 Å². The van der Waals surface area contributed by atoms with E-state index in [2.05, 4.69) is 0 Å². The van der Waals surface area contributed by atoms with E-state index in [9.17, 15) is 9.59 Å². The molecule has 4 heteroatoms. The number of rotatable bonds is 0. The molecule has 0 spiro atoms. The lowest BCUT2D eigenvalue weighted by atomic mass is 10.0. The molecule has 0 aromatic carbocycles. The number of Topliss-reactive ketones (excluding diaryl/α,β-unsaturated/α-hetero) is 1. The van der Waals surface area contributed by atoms with E-state index >= 15 is 0 Å². The largest absolute Gasteiger partial charge is 0.444 e. The van der Waals surface area contributed by atoms with Gasteiger partial charge in [0.05, 0.1) is 0 Å². The summed E-state index contributed by atoms with van der Waals surface area (Å²) in [6.07, 6.45) is 2.64. The van der Waals surface area contributed by atoms with Crippen LogP contribution < -0.4 is 0 Å². The first-order chi connectivity index (χ1) is 8.37. The van der Waals surface area contributed by atoms with Gasteiger partial charge in [-0.05, 0) is 33.6 Å². The van der Waals surface area contributed by atoms with Gasteiger partial charge in [-0.25, -0.2) is 4.79 Å². The minimum absolute atomic E-state index is 0.0844. The quantitative estimate of drug-likeness (QED) is 0.668. The molecule has 2 bridgehead atoms. The van der Waals surface area contributed by atoms with Crippen molar-refractivity contribution in [3.05, 3.63) is 0 Å². The second-order valence-electron chi connectivity index (χ2n) is 5.72. The lowest BCUT2D eigenvalue weighted by molar-refractivity contribution is -0.123. The van der Waals surface area contributed by atoms with E-state index < -0.39 is 5.60 Å². The number of piperidine rings is 1. The molecule has 18 heavy (non-hydrogen) atoms. The van der Waals surface area contributed by atoms with Gasteiger partial charge in [0.15, 0.2) is 0 Å². The van der Waals surface area contributed by atoms with Crippen molar-refractivity contribution >= 4 is 11.9 Å². The summed E-state index contributed by atoms with van der Waals surface area (Å²) in [5, 5.41) is 0. The van der Waals surface area contributed by atoms with E-state index in [-0.39, 0.29) is 24.0 Å². The summed E-state index contributed by atoms with van der Waals surface area (Å²) in [7, 11) is 0. The molecule has 2 fully saturated rings. The van der Waals surface area contributed by atoms with Crippen LogP contribution in [0.4, 0.5) is 4.79 Å². The molecular weight excluding hydrogens is 230 g/mol. The van der Waals surface area contributed by atoms with E-state index in [0.29, 0.717) is 12.8 Å². The average molecular weight is 255 g/mol. The Morgan fingerprint density at radius 3 is 2.00 bits per heavy atom. The highest BCUT2D eigenvalue weighted by molar-refractivity contribution is 5.83. The fourth-order valence-electron chi connectivity index (χ4n) is 2.58. The molecule has 2 saturated heterocycles. The molecule has 2 aliphatic rings. The molecular formula is C14H25NO3. The molecule has 2 rings (SSSR count). The number of hydrogen-bond donors (Lipinski definition) is 0. The van der Waals surface area contributed by atoms with Crippen molar-refractivity contribution in [2.24, 2.45) is 0 Å². The Hall–Kier alpha value is -1.06. The lowest BCUT2D eigenvalue weighted by Gasteiger charge is -2.35. The van der Waals surface area contributed by atoms with Gasteiger partial charge in [0.1, 0.15) is 11.4 Å². The standard InChI is InChI=1S/C12H19NO3.C2H6/c1-12(2,3)16-11(15)13-8-4-5-9(13)7-10(14)6-8;1-2/h8-9H,4-7H2,1-3H3;1-2H3. The summed E-state index contributed by atoms with van der Waals surface area (Å²) < 4.78 is 5.37. The van der Waals surface area contributed by atoms with Crippen LogP contribution >= 0.6 is 0 Å². The topological polar surface area (TPSA) is 46.6 Å². The third kappa shape index (κ3) is 3.47. The number of ketones is 1. The molecule has 0 aliphatic carbocycles. The number of carbonyl (C=O) groups excluding carboxylic acids is 2. The van der Waals surface area contributed by atoms with Crippen molar-refractivity contribution in [3.8, 4) is 0 Å². The van der Waals surface area contributed by atoms with E-state index in [1.165, 1.54) is 0 Å². The summed E-state index contributed by atoms with van der Waals surface area (Å²) in [6, 6.07) is 0.169. The van der Waals surface area contributed by atoms with Crippen molar-refractivity contribution in [2.45, 2.75) is 78.0 Å². The first-order valence-corrected chi connectivity index (χ1v) is 6.90. The number of hydrogen-bond acceptors (Lipinski definition) is 3. The smallest absolute Gasteiger partial charge is 0.410 e. The maximum atomic E-state index is 12.0. The fourth-order valence-corrected chi connectivity index (χ4v) is 2.58. The molecule has 2 heterocycles. The summed E-state index contributed by atoms with van der Waals surface area (Å²) in [5.74, 6) is 0.285. The van der Waals surface area contributed by atoms with Gasteiger partial charge in [0.2, 0.25) is 0 Å². The first-order valence-electron chi connectivity index (χ1n) is 6.90. The Morgan fingerprint density at radius 1 is 1.17 bits per heavy atom. The number of nitrogens with zero attached hydrogens (tertiary/aromatic N) is 1. The highest BCUT2D eigenvalue weighted by atomic mass is 16.6. The lowest BCUT2D eigenvalue weighted by Crippen LogP contribution is -2.48. The van der Waals surface area contributed by atoms with Crippen molar-refractivity contribution in [1.82, 2.24) is 4.90 Å². The minimum Gasteiger partial charge on any atom is -0.444 e. The normalized spacial score (nSPS) is 26.5. The van der Waals surface area contributed by atoms with E-state index in [0.717, 1.165) is 12.8 Å². The van der Waals surface area contributed by atoms with Crippen molar-refractivity contribution in [3.63, 3.8) is 0 Å². The van der Waals surface area contributed by atoms with Crippen LogP contribution in [0.2, 0.25) is 0 Å². The highest BCUT2D eigenvalue weighted by Crippen LogP contribution is 2.34. The Bertz CT molecular complexity index is 303. The van der Waals surface area contributed by atoms with Crippen LogP contribution in [-0.4, -0.2) is 34.5 Å². The van der Waals surface area contributed by atoms with Gasteiger partial charge < -0.3 is 9.64 Å². The van der Waals surface area contributed by atoms with Crippen molar-refractivity contribution < 1.29 is 14.3 Å². The predicted molar refractivity (Wildman–Crippen MR) is 70.5 cm³/mol. The second-order valence-corrected chi connectivity index (χ2v) is 5.72. The Kier molecular flexibility index (Phi) is 4.77. The average Bonchev–Trinajstić information content (AvgIpc) is 2.52. The molecule has 2 atom stereocenters. The van der Waals surface area contributed by atoms with Crippen LogP contribution in [0.25, 0.3) is 0 Å². The fraction of sp³-hybridized carbons (Fsp3) is 0.857. The highest BCUT2D eigenvalue weighted by Gasteiger charge is 2.44. The third-order valence-corrected chi connectivity index (χ3v) is 3.15. The molecule has 0 aromatic heterocycles. The first kappa shape index (κ1) is 15.0. The summed E-state index contributed by atoms with van der Waals surface area (Å²) in [4.78, 5) is 25.2.